The van der Waals surface area contributed by atoms with Crippen molar-refractivity contribution < 1.29 is 23.1 Å². The number of halogens is 3. The highest BCUT2D eigenvalue weighted by Crippen LogP contribution is 2.47. The fourth-order valence-corrected chi connectivity index (χ4v) is 2.11. The maximum atomic E-state index is 12.4. The second-order valence-electron chi connectivity index (χ2n) is 5.36. The summed E-state index contributed by atoms with van der Waals surface area (Å²) in [5.74, 6) is 0. The summed E-state index contributed by atoms with van der Waals surface area (Å²) < 4.78 is 37.2. The molecule has 0 bridgehead atoms. The molecular weight excluding hydrogens is 285 g/mol. The summed E-state index contributed by atoms with van der Waals surface area (Å²) in [5.41, 5.74) is -0.465. The number of hydrogen-bond donors (Lipinski definition) is 3. The van der Waals surface area contributed by atoms with Gasteiger partial charge >= 0.3 is 12.2 Å². The molecule has 2 amide bonds. The van der Waals surface area contributed by atoms with Gasteiger partial charge in [0.1, 0.15) is 0 Å². The molecule has 0 spiro atoms. The van der Waals surface area contributed by atoms with Gasteiger partial charge in [-0.1, -0.05) is 0 Å². The highest BCUT2D eigenvalue weighted by molar-refractivity contribution is 5.89. The lowest BCUT2D eigenvalue weighted by Crippen LogP contribution is -2.34. The summed E-state index contributed by atoms with van der Waals surface area (Å²) >= 11 is 0. The van der Waals surface area contributed by atoms with Crippen molar-refractivity contribution in [3.63, 3.8) is 0 Å². The Labute approximate surface area is 120 Å². The number of hydrogen-bond acceptors (Lipinski definition) is 2. The van der Waals surface area contributed by atoms with E-state index in [9.17, 15) is 18.0 Å². The Kier molecular flexibility index (Phi) is 4.41. The van der Waals surface area contributed by atoms with Gasteiger partial charge in [0, 0.05) is 18.8 Å². The molecule has 1 aromatic rings. The summed E-state index contributed by atoms with van der Waals surface area (Å²) in [6.45, 7) is 0.544. The number of benzene rings is 1. The van der Waals surface area contributed by atoms with E-state index < -0.39 is 17.8 Å². The Morgan fingerprint density at radius 2 is 1.86 bits per heavy atom. The Hall–Kier alpha value is -1.76. The average Bonchev–Trinajstić information content (AvgIpc) is 3.17. The van der Waals surface area contributed by atoms with Gasteiger partial charge in [0.05, 0.1) is 5.56 Å². The van der Waals surface area contributed by atoms with Crippen molar-refractivity contribution in [2.45, 2.75) is 25.4 Å². The normalized spacial score (nSPS) is 16.4. The number of aliphatic hydroxyl groups is 1. The van der Waals surface area contributed by atoms with Gasteiger partial charge in [0.15, 0.2) is 0 Å². The molecule has 7 heteroatoms. The monoisotopic (exact) mass is 302 g/mol. The summed E-state index contributed by atoms with van der Waals surface area (Å²) in [6, 6.07) is 3.80. The van der Waals surface area contributed by atoms with E-state index in [1.54, 1.807) is 0 Å². The highest BCUT2D eigenvalue weighted by atomic mass is 19.4. The van der Waals surface area contributed by atoms with Crippen molar-refractivity contribution >= 4 is 11.7 Å². The summed E-state index contributed by atoms with van der Waals surface area (Å²) in [4.78, 5) is 11.7. The van der Waals surface area contributed by atoms with Gasteiger partial charge in [0.2, 0.25) is 0 Å². The molecule has 1 saturated carbocycles. The fourth-order valence-electron chi connectivity index (χ4n) is 2.11. The predicted octanol–water partition coefficient (Wildman–Crippen LogP) is 2.99. The molecule has 0 aromatic heterocycles. The van der Waals surface area contributed by atoms with Crippen LogP contribution < -0.4 is 10.6 Å². The Bertz CT molecular complexity index is 496. The Balaban J connectivity index is 1.83. The lowest BCUT2D eigenvalue weighted by atomic mass is 10.0. The summed E-state index contributed by atoms with van der Waals surface area (Å²) in [6.07, 6.45) is -1.81. The number of rotatable bonds is 5. The van der Waals surface area contributed by atoms with E-state index in [4.69, 9.17) is 5.11 Å². The topological polar surface area (TPSA) is 61.4 Å². The Morgan fingerprint density at radius 3 is 2.33 bits per heavy atom. The van der Waals surface area contributed by atoms with Crippen LogP contribution in [0, 0.1) is 5.41 Å². The molecule has 1 aliphatic rings. The van der Waals surface area contributed by atoms with Crippen molar-refractivity contribution in [3.05, 3.63) is 29.8 Å². The van der Waals surface area contributed by atoms with E-state index >= 15 is 0 Å². The standard InChI is InChI=1S/C14H17F3N2O2/c15-14(16,17)10-1-3-11(4-2-10)19-12(21)18-9-13(5-6-13)7-8-20/h1-4,20H,5-9H2,(H2,18,19,21). The molecule has 1 aromatic carbocycles. The largest absolute Gasteiger partial charge is 0.416 e. The molecule has 0 atom stereocenters. The first-order chi connectivity index (χ1) is 9.85. The van der Waals surface area contributed by atoms with Crippen LogP contribution in [-0.4, -0.2) is 24.3 Å². The molecule has 0 heterocycles. The van der Waals surface area contributed by atoms with Crippen LogP contribution in [0.2, 0.25) is 0 Å². The lowest BCUT2D eigenvalue weighted by molar-refractivity contribution is -0.137. The third kappa shape index (κ3) is 4.35. The van der Waals surface area contributed by atoms with Crippen molar-refractivity contribution in [2.24, 2.45) is 5.41 Å². The number of anilines is 1. The Morgan fingerprint density at radius 1 is 1.24 bits per heavy atom. The van der Waals surface area contributed by atoms with Gasteiger partial charge < -0.3 is 15.7 Å². The number of amides is 2. The number of urea groups is 1. The second-order valence-corrected chi connectivity index (χ2v) is 5.36. The number of alkyl halides is 3. The minimum absolute atomic E-state index is 0.00771. The van der Waals surface area contributed by atoms with Crippen LogP contribution in [0.15, 0.2) is 24.3 Å². The fraction of sp³-hybridized carbons (Fsp3) is 0.500. The van der Waals surface area contributed by atoms with Gasteiger partial charge in [0.25, 0.3) is 0 Å². The highest BCUT2D eigenvalue weighted by Gasteiger charge is 2.41. The molecule has 116 valence electrons. The number of nitrogens with one attached hydrogen (secondary N) is 2. The molecule has 1 aliphatic carbocycles. The number of aliphatic hydroxyl groups excluding tert-OH is 1. The quantitative estimate of drug-likeness (QED) is 0.783. The average molecular weight is 302 g/mol. The third-order valence-electron chi connectivity index (χ3n) is 3.69. The van der Waals surface area contributed by atoms with Crippen LogP contribution in [0.1, 0.15) is 24.8 Å². The lowest BCUT2D eigenvalue weighted by Gasteiger charge is -2.15. The van der Waals surface area contributed by atoms with Crippen LogP contribution in [0.5, 0.6) is 0 Å². The molecule has 4 nitrogen and oxygen atoms in total. The smallest absolute Gasteiger partial charge is 0.396 e. The van der Waals surface area contributed by atoms with Gasteiger partial charge in [-0.05, 0) is 48.9 Å². The second kappa shape index (κ2) is 5.93. The third-order valence-corrected chi connectivity index (χ3v) is 3.69. The first-order valence-electron chi connectivity index (χ1n) is 6.68. The first kappa shape index (κ1) is 15.6. The van der Waals surface area contributed by atoms with E-state index in [1.165, 1.54) is 12.1 Å². The van der Waals surface area contributed by atoms with Crippen LogP contribution in [0.25, 0.3) is 0 Å². The maximum absolute atomic E-state index is 12.4. The van der Waals surface area contributed by atoms with Crippen molar-refractivity contribution in [3.8, 4) is 0 Å². The van der Waals surface area contributed by atoms with Crippen LogP contribution in [0.3, 0.4) is 0 Å². The number of carbonyl (C=O) groups is 1. The van der Waals surface area contributed by atoms with Gasteiger partial charge in [-0.25, -0.2) is 4.79 Å². The zero-order valence-electron chi connectivity index (χ0n) is 11.3. The zero-order valence-corrected chi connectivity index (χ0v) is 11.3. The van der Waals surface area contributed by atoms with Crippen LogP contribution >= 0.6 is 0 Å². The number of carbonyl (C=O) groups excluding carboxylic acids is 1. The molecule has 0 saturated heterocycles. The molecule has 3 N–H and O–H groups in total. The zero-order chi connectivity index (χ0) is 15.5. The summed E-state index contributed by atoms with van der Waals surface area (Å²) in [7, 11) is 0. The maximum Gasteiger partial charge on any atom is 0.416 e. The van der Waals surface area contributed by atoms with Gasteiger partial charge in [-0.3, -0.25) is 0 Å². The molecule has 0 unspecified atom stereocenters. The van der Waals surface area contributed by atoms with Gasteiger partial charge in [-0.2, -0.15) is 13.2 Å². The van der Waals surface area contributed by atoms with Crippen molar-refractivity contribution in [1.29, 1.82) is 0 Å². The molecule has 2 rings (SSSR count). The SMILES string of the molecule is O=C(NCC1(CCO)CC1)Nc1ccc(C(F)(F)F)cc1. The molecule has 0 aliphatic heterocycles. The minimum Gasteiger partial charge on any atom is -0.396 e. The van der Waals surface area contributed by atoms with E-state index in [1.807, 2.05) is 0 Å². The van der Waals surface area contributed by atoms with Crippen LogP contribution in [-0.2, 0) is 6.18 Å². The molecule has 1 fully saturated rings. The molecule has 0 radical (unpaired) electrons. The van der Waals surface area contributed by atoms with Crippen LogP contribution in [0.4, 0.5) is 23.7 Å². The van der Waals surface area contributed by atoms with E-state index in [2.05, 4.69) is 10.6 Å². The molecule has 21 heavy (non-hydrogen) atoms. The first-order valence-corrected chi connectivity index (χ1v) is 6.68. The summed E-state index contributed by atoms with van der Waals surface area (Å²) in [5, 5.41) is 14.1. The van der Waals surface area contributed by atoms with Crippen molar-refractivity contribution in [2.75, 3.05) is 18.5 Å². The van der Waals surface area contributed by atoms with E-state index in [-0.39, 0.29) is 12.0 Å². The van der Waals surface area contributed by atoms with E-state index in [0.29, 0.717) is 18.7 Å². The van der Waals surface area contributed by atoms with E-state index in [0.717, 1.165) is 25.0 Å². The predicted molar refractivity (Wildman–Crippen MR) is 71.8 cm³/mol. The van der Waals surface area contributed by atoms with Gasteiger partial charge in [-0.15, -0.1) is 0 Å². The molecular formula is C14H17F3N2O2. The van der Waals surface area contributed by atoms with Crippen molar-refractivity contribution in [1.82, 2.24) is 5.32 Å². The minimum atomic E-state index is -4.39.